The number of unbranched alkanes of at least 4 members (excludes halogenated alkanes) is 2. The number of rotatable bonds is 22. The third-order valence-electron chi connectivity index (χ3n) is 13.0. The number of benzene rings is 6. The van der Waals surface area contributed by atoms with E-state index in [2.05, 4.69) is 182 Å². The summed E-state index contributed by atoms with van der Waals surface area (Å²) in [5.74, 6) is -0.543. The number of carbonyl (C=O) groups excluding carboxylic acids is 2. The minimum atomic E-state index is -2.60. The molecule has 0 aliphatic carbocycles. The Kier molecular flexibility index (Phi) is 24.6. The number of anilines is 1. The average Bonchev–Trinajstić information content (AvgIpc) is 3.39. The van der Waals surface area contributed by atoms with Crippen molar-refractivity contribution in [3.05, 3.63) is 187 Å². The zero-order valence-electron chi connectivity index (χ0n) is 45.9. The van der Waals surface area contributed by atoms with Crippen LogP contribution in [-0.2, 0) is 18.3 Å². The number of esters is 2. The van der Waals surface area contributed by atoms with Gasteiger partial charge >= 0.3 is 11.9 Å². The second kappa shape index (κ2) is 29.9. The van der Waals surface area contributed by atoms with Gasteiger partial charge in [-0.05, 0) is 101 Å². The zero-order valence-corrected chi connectivity index (χ0v) is 47.9. The third-order valence-corrected chi connectivity index (χ3v) is 23.0. The number of ether oxygens (including phenoxy) is 2. The van der Waals surface area contributed by atoms with Gasteiger partial charge in [0.25, 0.3) is 16.6 Å². The van der Waals surface area contributed by atoms with Gasteiger partial charge in [0, 0.05) is 24.4 Å². The molecule has 0 spiro atoms. The standard InChI is InChI=1S/C31H41NO3Si.C22H33NOSi.C10H12O2/c1-6-8-15-27(32-26-22-20-25(21-23-26)30(33)34-7-2)24-35-36(31(3,4)5,28-16-11-9-12-17-28)29-18-13-10-14-19-29;1-5-6-13-19(23)18-24-25(22(2,3)4,20-14-9-7-10-15-20)21-16-11-8-12-17-21;1-3-12-10(11)9-6-4-8(2)5-7-9/h9-14,16-23,27,32H,6-8,15,24H2,1-5H3;7-12,14-17,19H,5-6,13,18,23H2,1-4H3;4-7H,3H2,1-2H3/t27-;19-;/m00./s1. The highest BCUT2D eigenvalue weighted by atomic mass is 28.4. The molecule has 0 aliphatic rings. The molecule has 8 nitrogen and oxygen atoms in total. The summed E-state index contributed by atoms with van der Waals surface area (Å²) in [5.41, 5.74) is 9.67. The fraction of sp³-hybridized carbons (Fsp3) is 0.397. The molecule has 10 heteroatoms. The van der Waals surface area contributed by atoms with Crippen molar-refractivity contribution in [3.63, 3.8) is 0 Å². The zero-order chi connectivity index (χ0) is 53.3. The minimum Gasteiger partial charge on any atom is -0.462 e. The molecule has 6 aromatic rings. The van der Waals surface area contributed by atoms with Crippen LogP contribution >= 0.6 is 0 Å². The Hall–Kier alpha value is -5.63. The van der Waals surface area contributed by atoms with E-state index in [4.69, 9.17) is 24.1 Å². The molecule has 6 aromatic carbocycles. The van der Waals surface area contributed by atoms with Crippen LogP contribution in [0.25, 0.3) is 0 Å². The molecule has 392 valence electrons. The summed E-state index contributed by atoms with van der Waals surface area (Å²) in [7, 11) is -5.03. The molecule has 0 aromatic heterocycles. The maximum atomic E-state index is 12.0. The highest BCUT2D eigenvalue weighted by Crippen LogP contribution is 2.38. The van der Waals surface area contributed by atoms with Gasteiger partial charge in [-0.3, -0.25) is 0 Å². The SMILES string of the molecule is CCCC[C@@H](CO[Si](c1ccccc1)(c1ccccc1)C(C)(C)C)Nc1ccc(C(=O)OCC)cc1.CCCC[C@H](N)CO[Si](c1ccccc1)(c1ccccc1)C(C)(C)C.CCOC(=O)c1ccc(C)cc1. The highest BCUT2D eigenvalue weighted by Gasteiger charge is 2.51. The lowest BCUT2D eigenvalue weighted by molar-refractivity contribution is 0.0516. The summed E-state index contributed by atoms with van der Waals surface area (Å²) in [5, 5.41) is 8.84. The molecule has 0 bridgehead atoms. The number of aryl methyl sites for hydroxylation is 1. The summed E-state index contributed by atoms with van der Waals surface area (Å²) in [6, 6.07) is 58.2. The molecule has 73 heavy (non-hydrogen) atoms. The van der Waals surface area contributed by atoms with Crippen molar-refractivity contribution >= 4 is 55.0 Å². The van der Waals surface area contributed by atoms with E-state index in [1.54, 1.807) is 19.1 Å². The van der Waals surface area contributed by atoms with Gasteiger partial charge in [-0.2, -0.15) is 0 Å². The summed E-state index contributed by atoms with van der Waals surface area (Å²) < 4.78 is 24.0. The van der Waals surface area contributed by atoms with E-state index in [0.717, 1.165) is 43.4 Å². The van der Waals surface area contributed by atoms with Gasteiger partial charge in [0.15, 0.2) is 0 Å². The Morgan fingerprint density at radius 1 is 0.493 bits per heavy atom. The number of carbonyl (C=O) groups is 2. The monoisotopic (exact) mass is 1020 g/mol. The van der Waals surface area contributed by atoms with Crippen LogP contribution in [0.5, 0.6) is 0 Å². The van der Waals surface area contributed by atoms with E-state index in [1.807, 2.05) is 50.2 Å². The van der Waals surface area contributed by atoms with Gasteiger partial charge in [0.2, 0.25) is 0 Å². The Morgan fingerprint density at radius 3 is 1.18 bits per heavy atom. The molecule has 0 aliphatic heterocycles. The van der Waals surface area contributed by atoms with Crippen molar-refractivity contribution in [2.45, 2.75) is 137 Å². The average molecular weight is 1020 g/mol. The van der Waals surface area contributed by atoms with Crippen LogP contribution in [0.4, 0.5) is 5.69 Å². The second-order valence-corrected chi connectivity index (χ2v) is 29.3. The lowest BCUT2D eigenvalue weighted by atomic mass is 10.1. The lowest BCUT2D eigenvalue weighted by Gasteiger charge is -2.43. The van der Waals surface area contributed by atoms with E-state index in [0.29, 0.717) is 37.6 Å². The van der Waals surface area contributed by atoms with E-state index in [9.17, 15) is 9.59 Å². The fourth-order valence-corrected chi connectivity index (χ4v) is 18.5. The second-order valence-electron chi connectivity index (χ2n) is 20.7. The Balaban J connectivity index is 0.000000268. The van der Waals surface area contributed by atoms with Crippen LogP contribution in [0.2, 0.25) is 10.1 Å². The van der Waals surface area contributed by atoms with Crippen molar-refractivity contribution in [2.24, 2.45) is 5.73 Å². The Labute approximate surface area is 441 Å². The first-order valence-corrected chi connectivity index (χ1v) is 30.3. The highest BCUT2D eigenvalue weighted by molar-refractivity contribution is 7.00. The van der Waals surface area contributed by atoms with Gasteiger partial charge in [-0.15, -0.1) is 0 Å². The summed E-state index contributed by atoms with van der Waals surface area (Å²) in [6.07, 6.45) is 6.60. The molecule has 6 rings (SSSR count). The number of nitrogens with one attached hydrogen (secondary N) is 1. The molecular weight excluding hydrogens is 937 g/mol. The summed E-state index contributed by atoms with van der Waals surface area (Å²) in [4.78, 5) is 23.2. The predicted molar refractivity (Wildman–Crippen MR) is 311 cm³/mol. The predicted octanol–water partition coefficient (Wildman–Crippen LogP) is 12.7. The molecule has 0 heterocycles. The van der Waals surface area contributed by atoms with Gasteiger partial charge in [0.05, 0.1) is 30.9 Å². The smallest absolute Gasteiger partial charge is 0.338 e. The van der Waals surface area contributed by atoms with Gasteiger partial charge in [-0.25, -0.2) is 9.59 Å². The molecule has 0 unspecified atom stereocenters. The maximum Gasteiger partial charge on any atom is 0.338 e. The molecular formula is C63H86N2O6Si2. The largest absolute Gasteiger partial charge is 0.462 e. The van der Waals surface area contributed by atoms with Crippen LogP contribution in [0.15, 0.2) is 170 Å². The van der Waals surface area contributed by atoms with Crippen molar-refractivity contribution < 1.29 is 27.9 Å². The summed E-state index contributed by atoms with van der Waals surface area (Å²) >= 11 is 0. The maximum absolute atomic E-state index is 12.0. The quantitative estimate of drug-likeness (QED) is 0.0511. The number of nitrogens with two attached hydrogens (primary N) is 1. The molecule has 0 saturated heterocycles. The fourth-order valence-electron chi connectivity index (χ4n) is 9.23. The van der Waals surface area contributed by atoms with Crippen LogP contribution in [0, 0.1) is 6.92 Å². The topological polar surface area (TPSA) is 109 Å². The van der Waals surface area contributed by atoms with Gasteiger partial charge < -0.3 is 29.4 Å². The van der Waals surface area contributed by atoms with E-state index in [-0.39, 0.29) is 34.1 Å². The van der Waals surface area contributed by atoms with Crippen LogP contribution in [0.3, 0.4) is 0 Å². The Morgan fingerprint density at radius 2 is 0.836 bits per heavy atom. The molecule has 0 amide bonds. The summed E-state index contributed by atoms with van der Waals surface area (Å²) in [6.45, 7) is 25.9. The van der Waals surface area contributed by atoms with Crippen LogP contribution < -0.4 is 31.8 Å². The number of hydrogen-bond acceptors (Lipinski definition) is 8. The number of hydrogen-bond donors (Lipinski definition) is 2. The molecule has 3 N–H and O–H groups in total. The molecule has 2 atom stereocenters. The van der Waals surface area contributed by atoms with Gasteiger partial charge in [-0.1, -0.05) is 220 Å². The minimum absolute atomic E-state index is 0.0141. The lowest BCUT2D eigenvalue weighted by Crippen LogP contribution is -2.67. The van der Waals surface area contributed by atoms with Crippen molar-refractivity contribution in [1.82, 2.24) is 0 Å². The molecule has 0 fully saturated rings. The van der Waals surface area contributed by atoms with Crippen molar-refractivity contribution in [1.29, 1.82) is 0 Å². The first-order valence-electron chi connectivity index (χ1n) is 26.5. The van der Waals surface area contributed by atoms with Crippen LogP contribution in [0.1, 0.15) is 134 Å². The van der Waals surface area contributed by atoms with E-state index >= 15 is 0 Å². The van der Waals surface area contributed by atoms with Gasteiger partial charge in [0.1, 0.15) is 0 Å². The van der Waals surface area contributed by atoms with E-state index in [1.165, 1.54) is 27.2 Å². The van der Waals surface area contributed by atoms with E-state index < -0.39 is 16.6 Å². The normalized spacial score (nSPS) is 12.5. The van der Waals surface area contributed by atoms with Crippen molar-refractivity contribution in [3.8, 4) is 0 Å². The first kappa shape index (κ1) is 59.9. The molecule has 0 saturated carbocycles. The van der Waals surface area contributed by atoms with Crippen LogP contribution in [-0.4, -0.2) is 67.1 Å². The van der Waals surface area contributed by atoms with Crippen molar-refractivity contribution in [2.75, 3.05) is 31.7 Å². The third kappa shape index (κ3) is 17.2. The molecule has 0 radical (unpaired) electrons. The Bertz CT molecular complexity index is 2380. The first-order chi connectivity index (χ1) is 35.0.